The van der Waals surface area contributed by atoms with Crippen molar-refractivity contribution in [2.75, 3.05) is 8.86 Å². The van der Waals surface area contributed by atoms with Crippen LogP contribution < -0.4 is 21.2 Å². The summed E-state index contributed by atoms with van der Waals surface area (Å²) in [6.07, 6.45) is 1.95. The molecule has 0 aromatic heterocycles. The summed E-state index contributed by atoms with van der Waals surface area (Å²) >= 11 is 0.0891. The van der Waals surface area contributed by atoms with Gasteiger partial charge in [-0.3, -0.25) is 0 Å². The monoisotopic (exact) mass is 443 g/mol. The molecule has 0 heterocycles. The second-order valence-corrected chi connectivity index (χ2v) is 9.38. The van der Waals surface area contributed by atoms with Gasteiger partial charge < -0.3 is 0 Å². The average molecular weight is 443 g/mol. The summed E-state index contributed by atoms with van der Waals surface area (Å²) in [4.78, 5) is 0. The molecule has 3 aromatic carbocycles. The van der Waals surface area contributed by atoms with Gasteiger partial charge in [-0.15, -0.1) is 0 Å². The van der Waals surface area contributed by atoms with Gasteiger partial charge in [0.2, 0.25) is 0 Å². The molecule has 0 spiro atoms. The number of aryl methyl sites for hydroxylation is 1. The van der Waals surface area contributed by atoms with E-state index in [9.17, 15) is 5.11 Å². The van der Waals surface area contributed by atoms with Gasteiger partial charge >= 0.3 is 161 Å². The standard InChI is InChI=1S/C23H24IO/c25-23(21-12-6-2-7-13-21,22-14-8-3-9-15-22)17-19-24-18-16-20-10-4-1-5-11-20/h1-15,25H,16-19H2/q-1. The molecule has 1 nitrogen and oxygen atoms in total. The molecule has 3 rings (SSSR count). The summed E-state index contributed by atoms with van der Waals surface area (Å²) in [5.41, 5.74) is 2.53. The Morgan fingerprint density at radius 1 is 0.640 bits per heavy atom. The van der Waals surface area contributed by atoms with Crippen molar-refractivity contribution in [1.82, 2.24) is 0 Å². The summed E-state index contributed by atoms with van der Waals surface area (Å²) in [6.45, 7) is 0. The van der Waals surface area contributed by atoms with Crippen LogP contribution in [0.1, 0.15) is 23.1 Å². The fourth-order valence-electron chi connectivity index (χ4n) is 3.00. The van der Waals surface area contributed by atoms with E-state index in [4.69, 9.17) is 0 Å². The van der Waals surface area contributed by atoms with Gasteiger partial charge in [-0.2, -0.15) is 0 Å². The Bertz CT molecular complexity index is 701. The fraction of sp³-hybridized carbons (Fsp3) is 0.217. The predicted molar refractivity (Wildman–Crippen MR) is 100 cm³/mol. The van der Waals surface area contributed by atoms with Gasteiger partial charge in [0.05, 0.1) is 0 Å². The van der Waals surface area contributed by atoms with Gasteiger partial charge in [-0.05, 0) is 0 Å². The van der Waals surface area contributed by atoms with Gasteiger partial charge in [0.1, 0.15) is 0 Å². The molecule has 0 amide bonds. The average Bonchev–Trinajstić information content (AvgIpc) is 2.70. The maximum atomic E-state index is 11.5. The maximum absolute atomic E-state index is 11.5. The van der Waals surface area contributed by atoms with Crippen LogP contribution in [0.5, 0.6) is 0 Å². The van der Waals surface area contributed by atoms with Crippen molar-refractivity contribution in [3.05, 3.63) is 108 Å². The van der Waals surface area contributed by atoms with E-state index in [1.807, 2.05) is 60.7 Å². The van der Waals surface area contributed by atoms with Crippen LogP contribution in [0, 0.1) is 0 Å². The molecule has 3 aromatic rings. The number of rotatable bonds is 8. The van der Waals surface area contributed by atoms with Crippen molar-refractivity contribution in [2.45, 2.75) is 18.4 Å². The van der Waals surface area contributed by atoms with E-state index < -0.39 is 5.60 Å². The quantitative estimate of drug-likeness (QED) is 0.319. The summed E-state index contributed by atoms with van der Waals surface area (Å²) in [6, 6.07) is 30.9. The van der Waals surface area contributed by atoms with Gasteiger partial charge in [0.15, 0.2) is 0 Å². The van der Waals surface area contributed by atoms with E-state index in [-0.39, 0.29) is 21.2 Å². The third kappa shape index (κ3) is 4.93. The zero-order valence-electron chi connectivity index (χ0n) is 14.3. The molecular weight excluding hydrogens is 419 g/mol. The summed E-state index contributed by atoms with van der Waals surface area (Å²) in [5, 5.41) is 11.5. The zero-order valence-corrected chi connectivity index (χ0v) is 16.5. The molecule has 130 valence electrons. The van der Waals surface area contributed by atoms with Crippen LogP contribution in [0.2, 0.25) is 0 Å². The number of hydrogen-bond acceptors (Lipinski definition) is 1. The molecule has 1 N–H and O–H groups in total. The van der Waals surface area contributed by atoms with Crippen molar-refractivity contribution < 1.29 is 26.3 Å². The molecule has 0 radical (unpaired) electrons. The SMILES string of the molecule is OC(CC[I-]CCc1ccccc1)(c1ccccc1)c1ccccc1. The van der Waals surface area contributed by atoms with Gasteiger partial charge in [-0.25, -0.2) is 0 Å². The Labute approximate surface area is 161 Å². The number of alkyl halides is 2. The Morgan fingerprint density at radius 3 is 1.64 bits per heavy atom. The first-order chi connectivity index (χ1) is 12.3. The molecule has 0 fully saturated rings. The van der Waals surface area contributed by atoms with Gasteiger partial charge in [0.25, 0.3) is 0 Å². The molecule has 0 aliphatic heterocycles. The molecule has 2 heteroatoms. The number of aliphatic hydroxyl groups is 1. The first-order valence-corrected chi connectivity index (χ1v) is 11.7. The van der Waals surface area contributed by atoms with E-state index >= 15 is 0 Å². The minimum atomic E-state index is -0.880. The van der Waals surface area contributed by atoms with Gasteiger partial charge in [0, 0.05) is 0 Å². The van der Waals surface area contributed by atoms with Crippen molar-refractivity contribution in [3.63, 3.8) is 0 Å². The third-order valence-corrected chi connectivity index (χ3v) is 7.06. The Morgan fingerprint density at radius 2 is 1.12 bits per heavy atom. The second-order valence-electron chi connectivity index (χ2n) is 6.14. The number of benzene rings is 3. The molecular formula is C23H24IO-. The van der Waals surface area contributed by atoms with Crippen LogP contribution in [-0.2, 0) is 12.0 Å². The first-order valence-electron chi connectivity index (χ1n) is 8.70. The Hall–Kier alpha value is -1.65. The third-order valence-electron chi connectivity index (χ3n) is 4.45. The van der Waals surface area contributed by atoms with E-state index in [1.165, 1.54) is 9.99 Å². The summed E-state index contributed by atoms with van der Waals surface area (Å²) < 4.78 is 2.38. The zero-order chi connectivity index (χ0) is 17.4. The molecule has 0 unspecified atom stereocenters. The Balaban J connectivity index is 1.63. The Kier molecular flexibility index (Phi) is 6.65. The van der Waals surface area contributed by atoms with Crippen molar-refractivity contribution >= 4 is 0 Å². The summed E-state index contributed by atoms with van der Waals surface area (Å²) in [5.74, 6) is 0. The molecule has 0 saturated heterocycles. The number of hydrogen-bond donors (Lipinski definition) is 1. The molecule has 0 aliphatic rings. The topological polar surface area (TPSA) is 20.2 Å². The van der Waals surface area contributed by atoms with Crippen molar-refractivity contribution in [3.8, 4) is 0 Å². The van der Waals surface area contributed by atoms with E-state index in [0.717, 1.165) is 28.4 Å². The molecule has 0 bridgehead atoms. The van der Waals surface area contributed by atoms with Crippen LogP contribution in [0.3, 0.4) is 0 Å². The molecule has 0 saturated carbocycles. The normalized spacial score (nSPS) is 11.6. The van der Waals surface area contributed by atoms with E-state index in [2.05, 4.69) is 30.3 Å². The van der Waals surface area contributed by atoms with E-state index in [0.29, 0.717) is 0 Å². The molecule has 0 aliphatic carbocycles. The van der Waals surface area contributed by atoms with Crippen molar-refractivity contribution in [2.24, 2.45) is 0 Å². The minimum absolute atomic E-state index is 0.0891. The predicted octanol–water partition coefficient (Wildman–Crippen LogP) is 1.64. The van der Waals surface area contributed by atoms with Crippen LogP contribution in [-0.4, -0.2) is 14.0 Å². The fourth-order valence-corrected chi connectivity index (χ4v) is 5.71. The summed E-state index contributed by atoms with van der Waals surface area (Å²) in [7, 11) is 0. The second kappa shape index (κ2) is 9.16. The molecule has 25 heavy (non-hydrogen) atoms. The van der Waals surface area contributed by atoms with Crippen LogP contribution in [0.4, 0.5) is 0 Å². The van der Waals surface area contributed by atoms with Crippen molar-refractivity contribution in [1.29, 1.82) is 0 Å². The number of halogens is 1. The van der Waals surface area contributed by atoms with Crippen LogP contribution in [0.15, 0.2) is 91.0 Å². The van der Waals surface area contributed by atoms with Crippen LogP contribution in [0.25, 0.3) is 0 Å². The molecule has 0 atom stereocenters. The van der Waals surface area contributed by atoms with E-state index in [1.54, 1.807) is 0 Å². The van der Waals surface area contributed by atoms with Crippen LogP contribution >= 0.6 is 0 Å². The van der Waals surface area contributed by atoms with Gasteiger partial charge in [-0.1, -0.05) is 0 Å². The first kappa shape index (κ1) is 18.2.